The van der Waals surface area contributed by atoms with Crippen LogP contribution < -0.4 is 0 Å². The van der Waals surface area contributed by atoms with Crippen molar-refractivity contribution in [3.63, 3.8) is 0 Å². The molecule has 1 fully saturated rings. The Morgan fingerprint density at radius 1 is 1.43 bits per heavy atom. The van der Waals surface area contributed by atoms with Crippen LogP contribution in [0.25, 0.3) is 0 Å². The fourth-order valence-corrected chi connectivity index (χ4v) is 4.50. The summed E-state index contributed by atoms with van der Waals surface area (Å²) in [4.78, 5) is 16.0. The number of hydrogen-bond acceptors (Lipinski definition) is 9. The monoisotopic (exact) mass is 478 g/mol. The normalized spacial score (nSPS) is 30.5. The van der Waals surface area contributed by atoms with E-state index in [0.717, 1.165) is 11.8 Å². The van der Waals surface area contributed by atoms with Gasteiger partial charge in [0.15, 0.2) is 0 Å². The van der Waals surface area contributed by atoms with E-state index in [-0.39, 0.29) is 6.42 Å². The molecule has 0 bridgehead atoms. The molecule has 0 amide bonds. The van der Waals surface area contributed by atoms with E-state index in [4.69, 9.17) is 9.47 Å². The number of methoxy groups -OCH3 is 1. The summed E-state index contributed by atoms with van der Waals surface area (Å²) < 4.78 is 11.4. The molecule has 1 aromatic carbocycles. The molecule has 28 heavy (non-hydrogen) atoms. The number of aliphatic imine (C=N–C) groups is 1. The Labute approximate surface area is 175 Å². The van der Waals surface area contributed by atoms with Crippen LogP contribution in [-0.2, 0) is 14.3 Å². The first-order valence-electron chi connectivity index (χ1n) is 8.61. The Kier molecular flexibility index (Phi) is 8.47. The predicted molar refractivity (Wildman–Crippen MR) is 104 cm³/mol. The summed E-state index contributed by atoms with van der Waals surface area (Å²) in [5, 5.41) is 40.4. The second kappa shape index (κ2) is 10.2. The number of thioether (sulfide) groups is 1. The number of carbonyl (C=O) groups excluding carboxylic acids is 1. The average molecular weight is 477 g/mol. The number of esters is 1. The Balaban J connectivity index is 2.46. The molecule has 4 N–H and O–H groups in total. The van der Waals surface area contributed by atoms with Crippen LogP contribution in [-0.4, -0.2) is 96.1 Å². The molecule has 0 saturated carbocycles. The number of nitrogens with zero attached hydrogens (tertiary/aromatic N) is 1. The second-order valence-corrected chi connectivity index (χ2v) is 8.97. The minimum atomic E-state index is -1.66. The molecular weight excluding hydrogens is 453 g/mol. The summed E-state index contributed by atoms with van der Waals surface area (Å²) in [5.74, 6) is -0.738. The van der Waals surface area contributed by atoms with E-state index in [1.54, 1.807) is 31.2 Å². The van der Waals surface area contributed by atoms with Crippen molar-refractivity contribution in [3.05, 3.63) is 30.3 Å². The van der Waals surface area contributed by atoms with Crippen molar-refractivity contribution in [2.24, 2.45) is 4.99 Å². The zero-order valence-electron chi connectivity index (χ0n) is 15.5. The van der Waals surface area contributed by atoms with Crippen LogP contribution in [0.3, 0.4) is 0 Å². The first-order chi connectivity index (χ1) is 13.2. The van der Waals surface area contributed by atoms with Gasteiger partial charge in [-0.25, -0.2) is 0 Å². The Hall–Kier alpha value is -0.971. The van der Waals surface area contributed by atoms with Gasteiger partial charge in [0.25, 0.3) is 0 Å². The molecule has 155 valence electrons. The number of ether oxygens (including phenoxy) is 2. The number of aliphatic hydroxyl groups excluding tert-OH is 4. The Bertz CT molecular complexity index is 688. The van der Waals surface area contributed by atoms with E-state index < -0.39 is 48.0 Å². The summed E-state index contributed by atoms with van der Waals surface area (Å²) in [6.45, 7) is 0.946. The van der Waals surface area contributed by atoms with Crippen molar-refractivity contribution in [1.29, 1.82) is 0 Å². The molecule has 1 saturated heterocycles. The molecule has 0 spiro atoms. The molecule has 10 heteroatoms. The molecule has 1 aliphatic rings. The number of rotatable bonds is 7. The summed E-state index contributed by atoms with van der Waals surface area (Å²) in [5.41, 5.74) is 0. The van der Waals surface area contributed by atoms with E-state index in [9.17, 15) is 25.2 Å². The van der Waals surface area contributed by atoms with E-state index in [2.05, 4.69) is 21.0 Å². The van der Waals surface area contributed by atoms with Gasteiger partial charge in [0, 0.05) is 0 Å². The number of carbonyl (C=O) groups is 1. The van der Waals surface area contributed by atoms with Crippen LogP contribution in [0, 0.1) is 0 Å². The molecule has 2 rings (SSSR count). The fraction of sp³-hybridized carbons (Fsp3) is 0.556. The van der Waals surface area contributed by atoms with Gasteiger partial charge in [-0.15, -0.1) is 0 Å². The van der Waals surface area contributed by atoms with Crippen LogP contribution in [0.2, 0.25) is 0 Å². The van der Waals surface area contributed by atoms with E-state index in [1.807, 2.05) is 6.07 Å². The van der Waals surface area contributed by atoms with Crippen LogP contribution >= 0.6 is 11.8 Å². The van der Waals surface area contributed by atoms with Crippen molar-refractivity contribution in [3.8, 4) is 0 Å². The standard InChI is InChI=1S/C18H24NO7SSe/c1-10(28)19-14-12(21)8-18(17(24)25-2,27-11-6-4-3-5-7-11)26-16(14)15(23)13(22)9-20/h3-7,12-16,20-23H,8-9H2,1-2H3/t12-,13+,14+,15+,16+,18+/m0/s1. The average Bonchev–Trinajstić information content (AvgIpc) is 2.68. The zero-order valence-corrected chi connectivity index (χ0v) is 18.0. The molecule has 1 aliphatic heterocycles. The van der Waals surface area contributed by atoms with Crippen molar-refractivity contribution >= 4 is 38.4 Å². The van der Waals surface area contributed by atoms with Gasteiger partial charge in [-0.2, -0.15) is 0 Å². The van der Waals surface area contributed by atoms with Crippen molar-refractivity contribution < 1.29 is 34.7 Å². The second-order valence-electron chi connectivity index (χ2n) is 6.39. The van der Waals surface area contributed by atoms with Crippen LogP contribution in [0.1, 0.15) is 13.3 Å². The SMILES string of the molecule is COC(=O)[C@]1(Sc2ccccc2)C[C@H](O)[C@@H](N=C(C)[Se])[C@H]([C@H](O)[C@H](O)CO)O1. The van der Waals surface area contributed by atoms with E-state index in [0.29, 0.717) is 9.51 Å². The summed E-state index contributed by atoms with van der Waals surface area (Å²) >= 11 is 3.74. The molecule has 1 radical (unpaired) electrons. The van der Waals surface area contributed by atoms with Crippen molar-refractivity contribution in [2.75, 3.05) is 13.7 Å². The maximum atomic E-state index is 12.7. The molecule has 0 aromatic heterocycles. The Morgan fingerprint density at radius 3 is 2.61 bits per heavy atom. The van der Waals surface area contributed by atoms with Gasteiger partial charge in [-0.1, -0.05) is 0 Å². The summed E-state index contributed by atoms with van der Waals surface area (Å²) in [7, 11) is 1.20. The minimum absolute atomic E-state index is 0.140. The maximum absolute atomic E-state index is 12.7. The molecule has 8 nitrogen and oxygen atoms in total. The van der Waals surface area contributed by atoms with Gasteiger partial charge in [-0.3, -0.25) is 0 Å². The van der Waals surface area contributed by atoms with Gasteiger partial charge < -0.3 is 0 Å². The van der Waals surface area contributed by atoms with Gasteiger partial charge in [-0.05, 0) is 0 Å². The number of aliphatic hydroxyl groups is 4. The zero-order chi connectivity index (χ0) is 20.9. The molecular formula is C18H24NO7SSe. The number of benzene rings is 1. The summed E-state index contributed by atoms with van der Waals surface area (Å²) in [6, 6.07) is 7.99. The van der Waals surface area contributed by atoms with Gasteiger partial charge >= 0.3 is 176 Å². The topological polar surface area (TPSA) is 129 Å². The van der Waals surface area contributed by atoms with Gasteiger partial charge in [0.2, 0.25) is 0 Å². The first kappa shape index (κ1) is 23.3. The third-order valence-corrected chi connectivity index (χ3v) is 5.79. The van der Waals surface area contributed by atoms with Crippen LogP contribution in [0.4, 0.5) is 0 Å². The fourth-order valence-electron chi connectivity index (χ4n) is 2.99. The molecule has 0 unspecified atom stereocenters. The molecule has 1 aromatic rings. The molecule has 6 atom stereocenters. The van der Waals surface area contributed by atoms with Gasteiger partial charge in [0.05, 0.1) is 0 Å². The quantitative estimate of drug-likeness (QED) is 0.234. The molecule has 1 heterocycles. The van der Waals surface area contributed by atoms with Crippen LogP contribution in [0.15, 0.2) is 40.2 Å². The van der Waals surface area contributed by atoms with Crippen LogP contribution in [0.5, 0.6) is 0 Å². The Morgan fingerprint density at radius 2 is 2.07 bits per heavy atom. The molecule has 0 aliphatic carbocycles. The predicted octanol–water partition coefficient (Wildman–Crippen LogP) is -0.533. The van der Waals surface area contributed by atoms with E-state index in [1.165, 1.54) is 7.11 Å². The third kappa shape index (κ3) is 5.34. The van der Waals surface area contributed by atoms with Crippen molar-refractivity contribution in [1.82, 2.24) is 0 Å². The first-order valence-corrected chi connectivity index (χ1v) is 10.3. The number of hydrogen-bond donors (Lipinski definition) is 4. The van der Waals surface area contributed by atoms with Gasteiger partial charge in [0.1, 0.15) is 0 Å². The van der Waals surface area contributed by atoms with E-state index >= 15 is 0 Å². The van der Waals surface area contributed by atoms with Crippen molar-refractivity contribution in [2.45, 2.75) is 53.6 Å². The summed E-state index contributed by atoms with van der Waals surface area (Å²) in [6.07, 6.45) is -5.69. The third-order valence-electron chi connectivity index (χ3n) is 4.31.